The standard InChI is InChI=1S/C17H25ClN2O2/c1-20(10-11-22-16-9-5-3-7-14(16)18)17(21)12-13-6-2-4-8-15(13)19/h3,5,7,9,13,15H,2,4,6,8,10-12,19H2,1H3. The minimum atomic E-state index is 0.144. The molecule has 0 heterocycles. The van der Waals surface area contributed by atoms with E-state index in [4.69, 9.17) is 22.1 Å². The van der Waals surface area contributed by atoms with Crippen LogP contribution in [-0.2, 0) is 4.79 Å². The molecule has 1 saturated carbocycles. The molecule has 1 aliphatic rings. The summed E-state index contributed by atoms with van der Waals surface area (Å²) in [5.41, 5.74) is 6.11. The predicted molar refractivity (Wildman–Crippen MR) is 89.1 cm³/mol. The van der Waals surface area contributed by atoms with Crippen LogP contribution in [0.4, 0.5) is 0 Å². The van der Waals surface area contributed by atoms with Crippen molar-refractivity contribution in [2.24, 2.45) is 11.7 Å². The molecule has 1 aliphatic carbocycles. The molecule has 0 bridgehead atoms. The van der Waals surface area contributed by atoms with Gasteiger partial charge in [0, 0.05) is 19.5 Å². The zero-order valence-electron chi connectivity index (χ0n) is 13.1. The number of hydrogen-bond acceptors (Lipinski definition) is 3. The first kappa shape index (κ1) is 17.1. The number of nitrogens with two attached hydrogens (primary N) is 1. The average molecular weight is 325 g/mol. The van der Waals surface area contributed by atoms with Crippen LogP contribution in [0.5, 0.6) is 5.75 Å². The fourth-order valence-electron chi connectivity index (χ4n) is 2.85. The van der Waals surface area contributed by atoms with Crippen molar-refractivity contribution in [3.05, 3.63) is 29.3 Å². The number of para-hydroxylation sites is 1. The number of ether oxygens (including phenoxy) is 1. The first-order valence-electron chi connectivity index (χ1n) is 7.95. The largest absolute Gasteiger partial charge is 0.490 e. The van der Waals surface area contributed by atoms with Crippen molar-refractivity contribution >= 4 is 17.5 Å². The molecular weight excluding hydrogens is 300 g/mol. The van der Waals surface area contributed by atoms with E-state index in [9.17, 15) is 4.79 Å². The normalized spacial score (nSPS) is 21.4. The number of rotatable bonds is 6. The average Bonchev–Trinajstić information content (AvgIpc) is 2.51. The topological polar surface area (TPSA) is 55.6 Å². The van der Waals surface area contributed by atoms with Crippen molar-refractivity contribution in [3.63, 3.8) is 0 Å². The van der Waals surface area contributed by atoms with E-state index in [1.165, 1.54) is 12.8 Å². The van der Waals surface area contributed by atoms with E-state index in [0.29, 0.717) is 36.3 Å². The van der Waals surface area contributed by atoms with Gasteiger partial charge in [0.15, 0.2) is 0 Å². The molecule has 0 radical (unpaired) electrons. The number of halogens is 1. The Morgan fingerprint density at radius 3 is 2.82 bits per heavy atom. The summed E-state index contributed by atoms with van der Waals surface area (Å²) in [7, 11) is 1.81. The van der Waals surface area contributed by atoms with E-state index < -0.39 is 0 Å². The SMILES string of the molecule is CN(CCOc1ccccc1Cl)C(=O)CC1CCCCC1N. The van der Waals surface area contributed by atoms with Crippen LogP contribution < -0.4 is 10.5 Å². The van der Waals surface area contributed by atoms with Gasteiger partial charge >= 0.3 is 0 Å². The van der Waals surface area contributed by atoms with Gasteiger partial charge in [-0.05, 0) is 30.9 Å². The van der Waals surface area contributed by atoms with E-state index in [2.05, 4.69) is 0 Å². The quantitative estimate of drug-likeness (QED) is 0.875. The van der Waals surface area contributed by atoms with Crippen molar-refractivity contribution in [1.82, 2.24) is 4.90 Å². The smallest absolute Gasteiger partial charge is 0.222 e. The second-order valence-electron chi connectivity index (χ2n) is 6.01. The molecule has 22 heavy (non-hydrogen) atoms. The van der Waals surface area contributed by atoms with Crippen molar-refractivity contribution in [2.75, 3.05) is 20.2 Å². The van der Waals surface area contributed by atoms with Crippen LogP contribution in [0.3, 0.4) is 0 Å². The minimum absolute atomic E-state index is 0.144. The van der Waals surface area contributed by atoms with Gasteiger partial charge in [-0.2, -0.15) is 0 Å². The lowest BCUT2D eigenvalue weighted by atomic mass is 9.83. The van der Waals surface area contributed by atoms with Gasteiger partial charge in [-0.25, -0.2) is 0 Å². The number of nitrogens with zero attached hydrogens (tertiary/aromatic N) is 1. The highest BCUT2D eigenvalue weighted by atomic mass is 35.5. The first-order chi connectivity index (χ1) is 10.6. The molecule has 0 spiro atoms. The summed E-state index contributed by atoms with van der Waals surface area (Å²) >= 11 is 6.03. The Hall–Kier alpha value is -1.26. The van der Waals surface area contributed by atoms with E-state index in [1.807, 2.05) is 25.2 Å². The number of benzene rings is 1. The number of carbonyl (C=O) groups excluding carboxylic acids is 1. The van der Waals surface area contributed by atoms with Gasteiger partial charge in [0.2, 0.25) is 5.91 Å². The summed E-state index contributed by atoms with van der Waals surface area (Å²) in [6.07, 6.45) is 5.02. The van der Waals surface area contributed by atoms with Crippen LogP contribution >= 0.6 is 11.6 Å². The summed E-state index contributed by atoms with van der Waals surface area (Å²) < 4.78 is 5.62. The second kappa shape index (κ2) is 8.39. The van der Waals surface area contributed by atoms with E-state index >= 15 is 0 Å². The molecule has 0 aliphatic heterocycles. The van der Waals surface area contributed by atoms with Crippen LogP contribution in [0.1, 0.15) is 32.1 Å². The maximum Gasteiger partial charge on any atom is 0.222 e. The number of hydrogen-bond donors (Lipinski definition) is 1. The number of amides is 1. The fraction of sp³-hybridized carbons (Fsp3) is 0.588. The third kappa shape index (κ3) is 4.89. The van der Waals surface area contributed by atoms with Crippen LogP contribution in [0.15, 0.2) is 24.3 Å². The van der Waals surface area contributed by atoms with Gasteiger partial charge in [-0.15, -0.1) is 0 Å². The molecular formula is C17H25ClN2O2. The summed E-state index contributed by atoms with van der Waals surface area (Å²) in [4.78, 5) is 14.0. The van der Waals surface area contributed by atoms with Crippen molar-refractivity contribution < 1.29 is 9.53 Å². The molecule has 5 heteroatoms. The highest BCUT2D eigenvalue weighted by Crippen LogP contribution is 2.26. The summed E-state index contributed by atoms with van der Waals surface area (Å²) in [5, 5.41) is 0.588. The lowest BCUT2D eigenvalue weighted by Crippen LogP contribution is -2.38. The Morgan fingerprint density at radius 1 is 1.36 bits per heavy atom. The van der Waals surface area contributed by atoms with Crippen molar-refractivity contribution in [2.45, 2.75) is 38.1 Å². The molecule has 122 valence electrons. The Labute approximate surface area is 137 Å². The molecule has 2 unspecified atom stereocenters. The molecule has 2 atom stereocenters. The molecule has 2 rings (SSSR count). The molecule has 0 saturated heterocycles. The third-order valence-electron chi connectivity index (χ3n) is 4.35. The maximum absolute atomic E-state index is 12.3. The monoisotopic (exact) mass is 324 g/mol. The van der Waals surface area contributed by atoms with Gasteiger partial charge in [-0.3, -0.25) is 4.79 Å². The van der Waals surface area contributed by atoms with Crippen molar-refractivity contribution in [3.8, 4) is 5.75 Å². The summed E-state index contributed by atoms with van der Waals surface area (Å²) in [6.45, 7) is 0.981. The highest BCUT2D eigenvalue weighted by Gasteiger charge is 2.25. The zero-order chi connectivity index (χ0) is 15.9. The van der Waals surface area contributed by atoms with Crippen LogP contribution in [-0.4, -0.2) is 37.0 Å². The van der Waals surface area contributed by atoms with Crippen LogP contribution in [0.25, 0.3) is 0 Å². The van der Waals surface area contributed by atoms with Gasteiger partial charge in [-0.1, -0.05) is 36.6 Å². The molecule has 1 amide bonds. The van der Waals surface area contributed by atoms with Crippen LogP contribution in [0.2, 0.25) is 5.02 Å². The lowest BCUT2D eigenvalue weighted by Gasteiger charge is -2.29. The molecule has 1 aromatic rings. The Bertz CT molecular complexity index is 495. The molecule has 2 N–H and O–H groups in total. The maximum atomic E-state index is 12.3. The van der Waals surface area contributed by atoms with Crippen LogP contribution in [0, 0.1) is 5.92 Å². The second-order valence-corrected chi connectivity index (χ2v) is 6.41. The van der Waals surface area contributed by atoms with Crippen molar-refractivity contribution in [1.29, 1.82) is 0 Å². The van der Waals surface area contributed by atoms with E-state index in [1.54, 1.807) is 11.0 Å². The zero-order valence-corrected chi connectivity index (χ0v) is 13.9. The molecule has 4 nitrogen and oxygen atoms in total. The third-order valence-corrected chi connectivity index (χ3v) is 4.66. The number of likely N-dealkylation sites (N-methyl/N-ethyl adjacent to an activating group) is 1. The van der Waals surface area contributed by atoms with Gasteiger partial charge in [0.25, 0.3) is 0 Å². The number of carbonyl (C=O) groups is 1. The predicted octanol–water partition coefficient (Wildman–Crippen LogP) is 3.08. The van der Waals surface area contributed by atoms with E-state index in [0.717, 1.165) is 12.8 Å². The molecule has 1 fully saturated rings. The summed E-state index contributed by atoms with van der Waals surface area (Å²) in [6, 6.07) is 7.52. The lowest BCUT2D eigenvalue weighted by molar-refractivity contribution is -0.131. The Balaban J connectivity index is 1.73. The van der Waals surface area contributed by atoms with E-state index in [-0.39, 0.29) is 11.9 Å². The molecule has 0 aromatic heterocycles. The Kier molecular flexibility index (Phi) is 6.52. The highest BCUT2D eigenvalue weighted by molar-refractivity contribution is 6.32. The summed E-state index contributed by atoms with van der Waals surface area (Å²) in [5.74, 6) is 1.12. The fourth-order valence-corrected chi connectivity index (χ4v) is 3.04. The van der Waals surface area contributed by atoms with Gasteiger partial charge < -0.3 is 15.4 Å². The minimum Gasteiger partial charge on any atom is -0.490 e. The molecule has 1 aromatic carbocycles. The van der Waals surface area contributed by atoms with Gasteiger partial charge in [0.1, 0.15) is 12.4 Å². The first-order valence-corrected chi connectivity index (χ1v) is 8.32. The Morgan fingerprint density at radius 2 is 2.09 bits per heavy atom. The van der Waals surface area contributed by atoms with Gasteiger partial charge in [0.05, 0.1) is 11.6 Å².